The van der Waals surface area contributed by atoms with Gasteiger partial charge in [0.2, 0.25) is 0 Å². The summed E-state index contributed by atoms with van der Waals surface area (Å²) in [6, 6.07) is 52.2. The van der Waals surface area contributed by atoms with Crippen molar-refractivity contribution in [1.82, 2.24) is 0 Å². The molecule has 10 aromatic rings. The van der Waals surface area contributed by atoms with Crippen LogP contribution in [-0.4, -0.2) is 6.88 Å². The third kappa shape index (κ3) is 9.00. The zero-order valence-electron chi connectivity index (χ0n) is 35.5. The molecular formula is C54H50Cl2O2SiZr-4. The van der Waals surface area contributed by atoms with Crippen LogP contribution in [-0.2, 0) is 23.3 Å². The average molecular weight is 921 g/mol. The third-order valence-corrected chi connectivity index (χ3v) is 11.2. The monoisotopic (exact) mass is 918 g/mol. The van der Waals surface area contributed by atoms with E-state index in [9.17, 15) is 0 Å². The van der Waals surface area contributed by atoms with Gasteiger partial charge in [0.05, 0.1) is 23.0 Å². The Kier molecular flexibility index (Phi) is 16.2. The van der Waals surface area contributed by atoms with Crippen molar-refractivity contribution in [2.75, 3.05) is 0 Å². The van der Waals surface area contributed by atoms with Crippen LogP contribution in [0.1, 0.15) is 33.8 Å². The Bertz CT molecular complexity index is 2830. The number of aryl methyl sites for hydroxylation is 4. The summed E-state index contributed by atoms with van der Waals surface area (Å²) in [4.78, 5) is 0. The van der Waals surface area contributed by atoms with Gasteiger partial charge >= 0.3 is 30.2 Å². The topological polar surface area (TPSA) is 26.3 Å². The number of hydrogen-bond acceptors (Lipinski definition) is 2. The van der Waals surface area contributed by atoms with E-state index in [1.807, 2.05) is 26.0 Å². The van der Waals surface area contributed by atoms with Crippen molar-refractivity contribution in [2.45, 2.75) is 41.5 Å². The summed E-state index contributed by atoms with van der Waals surface area (Å²) in [6.45, 7) is 15.9. The molecule has 6 heteroatoms. The van der Waals surface area contributed by atoms with E-state index in [2.05, 4.69) is 168 Å². The first-order chi connectivity index (χ1) is 27.2. The molecule has 0 fully saturated rings. The molecule has 2 nitrogen and oxygen atoms in total. The van der Waals surface area contributed by atoms with Gasteiger partial charge in [-0.25, -0.2) is 0 Å². The first-order valence-electron chi connectivity index (χ1n) is 19.0. The predicted molar refractivity (Wildman–Crippen MR) is 262 cm³/mol. The fourth-order valence-electron chi connectivity index (χ4n) is 8.25. The molecule has 0 aliphatic carbocycles. The summed E-state index contributed by atoms with van der Waals surface area (Å²) in [5.74, 6) is 3.75. The molecule has 0 saturated heterocycles. The fourth-order valence-corrected chi connectivity index (χ4v) is 8.25. The van der Waals surface area contributed by atoms with E-state index in [-0.39, 0.29) is 39.7 Å². The van der Waals surface area contributed by atoms with Crippen molar-refractivity contribution in [1.29, 1.82) is 0 Å². The van der Waals surface area contributed by atoms with Gasteiger partial charge in [-0.3, -0.25) is 0 Å². The zero-order valence-corrected chi connectivity index (χ0v) is 40.6. The second kappa shape index (κ2) is 20.2. The van der Waals surface area contributed by atoms with Crippen LogP contribution in [0.25, 0.3) is 88.0 Å². The number of rotatable bonds is 4. The molecule has 10 rings (SSSR count). The van der Waals surface area contributed by atoms with E-state index in [1.165, 1.54) is 111 Å². The molecule has 2 heterocycles. The van der Waals surface area contributed by atoms with Crippen LogP contribution in [0.4, 0.5) is 0 Å². The van der Waals surface area contributed by atoms with Gasteiger partial charge in [-0.2, -0.15) is 0 Å². The summed E-state index contributed by atoms with van der Waals surface area (Å²) < 4.78 is 11.8. The maximum absolute atomic E-state index is 5.88. The van der Waals surface area contributed by atoms with Gasteiger partial charge in [-0.15, -0.1) is 82.8 Å². The van der Waals surface area contributed by atoms with E-state index < -0.39 is 0 Å². The molecule has 0 amide bonds. The number of halogens is 2. The molecule has 2 aromatic heterocycles. The van der Waals surface area contributed by atoms with Crippen molar-refractivity contribution in [3.63, 3.8) is 0 Å². The molecule has 0 spiro atoms. The standard InChI is InChI=1S/2C26H21O.2CH3.2ClH.Si.Zr/c2*1-16-13-20-14-21(25-12-11-17(2)27-25)15-24(20)26(18(16)3)23-10-6-8-19-7-4-5-9-22(19)23;;;;;;/h2*4-15H,1-3H3;2*1H3;2*1H;;/q4*-1;;;;. The number of fused-ring (bicyclic) bond motifs is 4. The summed E-state index contributed by atoms with van der Waals surface area (Å²) in [5, 5.41) is 10.3. The van der Waals surface area contributed by atoms with Crippen LogP contribution in [0.5, 0.6) is 0 Å². The molecular weight excluding hydrogens is 871 g/mol. The van der Waals surface area contributed by atoms with Crippen LogP contribution >= 0.6 is 24.8 Å². The predicted octanol–water partition coefficient (Wildman–Crippen LogP) is 16.5. The van der Waals surface area contributed by atoms with Gasteiger partial charge in [-0.05, 0) is 110 Å². The molecule has 304 valence electrons. The SMILES string of the molecule is Cc1ccc(-c2cc3c(-c4cccc5ccccc45)c(C)c(C)cc3[cH-]2)o1.Cc1ccc(-c2cc3c(-c4cccc5ccccc45)c(C)c(C)cc3[cH-]2)o1.Cl.Cl.[CH3-].[CH3-].[Si]=[Zr]. The van der Waals surface area contributed by atoms with E-state index >= 15 is 0 Å². The molecule has 0 aliphatic heterocycles. The Hall–Kier alpha value is -4.70. The van der Waals surface area contributed by atoms with Gasteiger partial charge < -0.3 is 23.7 Å². The molecule has 0 bridgehead atoms. The minimum atomic E-state index is 0. The van der Waals surface area contributed by atoms with E-state index in [0.29, 0.717) is 0 Å². The first-order valence-corrected chi connectivity index (χ1v) is 23.2. The van der Waals surface area contributed by atoms with E-state index in [4.69, 9.17) is 8.83 Å². The Morgan fingerprint density at radius 2 is 0.800 bits per heavy atom. The van der Waals surface area contributed by atoms with Gasteiger partial charge in [0.25, 0.3) is 0 Å². The second-order valence-corrected chi connectivity index (χ2v) is 14.8. The minimum absolute atomic E-state index is 0. The Morgan fingerprint density at radius 3 is 1.17 bits per heavy atom. The Labute approximate surface area is 384 Å². The fraction of sp³-hybridized carbons (Fsp3) is 0.111. The van der Waals surface area contributed by atoms with Crippen LogP contribution < -0.4 is 0 Å². The average Bonchev–Trinajstić information content (AvgIpc) is 4.04. The summed E-state index contributed by atoms with van der Waals surface area (Å²) in [6.07, 6.45) is 0. The maximum atomic E-state index is 5.88. The zero-order chi connectivity index (χ0) is 39.1. The molecule has 0 atom stereocenters. The van der Waals surface area contributed by atoms with E-state index in [0.717, 1.165) is 34.2 Å². The molecule has 60 heavy (non-hydrogen) atoms. The van der Waals surface area contributed by atoms with Crippen molar-refractivity contribution in [2.24, 2.45) is 0 Å². The molecule has 0 unspecified atom stereocenters. The van der Waals surface area contributed by atoms with Crippen molar-refractivity contribution >= 4 is 74.8 Å². The Balaban J connectivity index is 0.000000239. The van der Waals surface area contributed by atoms with Crippen LogP contribution in [0.2, 0.25) is 0 Å². The molecule has 2 radical (unpaired) electrons. The second-order valence-electron chi connectivity index (χ2n) is 14.8. The first kappa shape index (κ1) is 48.0. The number of benzene rings is 6. The van der Waals surface area contributed by atoms with Gasteiger partial charge in [-0.1, -0.05) is 118 Å². The van der Waals surface area contributed by atoms with E-state index in [1.54, 1.807) is 0 Å². The molecule has 0 aliphatic rings. The number of furan rings is 2. The molecule has 0 N–H and O–H groups in total. The third-order valence-electron chi connectivity index (χ3n) is 11.2. The quantitative estimate of drug-likeness (QED) is 0.130. The van der Waals surface area contributed by atoms with Crippen LogP contribution in [0, 0.1) is 56.4 Å². The number of hydrogen-bond donors (Lipinski definition) is 0. The van der Waals surface area contributed by atoms with Crippen molar-refractivity contribution in [3.8, 4) is 44.9 Å². The Morgan fingerprint density at radius 1 is 0.433 bits per heavy atom. The van der Waals surface area contributed by atoms with Gasteiger partial charge in [0.15, 0.2) is 0 Å². The van der Waals surface area contributed by atoms with Crippen molar-refractivity contribution in [3.05, 3.63) is 194 Å². The molecule has 0 saturated carbocycles. The van der Waals surface area contributed by atoms with Gasteiger partial charge in [0, 0.05) is 0 Å². The molecule has 8 aromatic carbocycles. The summed E-state index contributed by atoms with van der Waals surface area (Å²) in [7, 11) is 0. The van der Waals surface area contributed by atoms with Gasteiger partial charge in [0.1, 0.15) is 0 Å². The summed E-state index contributed by atoms with van der Waals surface area (Å²) >= 11 is 1.36. The van der Waals surface area contributed by atoms with Crippen molar-refractivity contribution < 1.29 is 32.2 Å². The van der Waals surface area contributed by atoms with Crippen LogP contribution in [0.15, 0.2) is 154 Å². The van der Waals surface area contributed by atoms with Crippen LogP contribution in [0.3, 0.4) is 0 Å². The normalized spacial score (nSPS) is 10.4. The summed E-state index contributed by atoms with van der Waals surface area (Å²) in [5.41, 5.74) is 12.9.